The zero-order valence-electron chi connectivity index (χ0n) is 10.2. The van der Waals surface area contributed by atoms with Crippen LogP contribution in [0.2, 0.25) is 0 Å². The highest BCUT2D eigenvalue weighted by molar-refractivity contribution is 7.15. The van der Waals surface area contributed by atoms with Gasteiger partial charge in [-0.3, -0.25) is 9.59 Å². The molecule has 0 radical (unpaired) electrons. The summed E-state index contributed by atoms with van der Waals surface area (Å²) in [6, 6.07) is 0. The lowest BCUT2D eigenvalue weighted by atomic mass is 9.98. The van der Waals surface area contributed by atoms with Crippen LogP contribution in [0, 0.1) is 5.92 Å². The fraction of sp³-hybridized carbons (Fsp3) is 0.636. The lowest BCUT2D eigenvalue weighted by Gasteiger charge is -2.20. The Kier molecular flexibility index (Phi) is 4.24. The van der Waals surface area contributed by atoms with E-state index < -0.39 is 0 Å². The summed E-state index contributed by atoms with van der Waals surface area (Å²) >= 11 is 1.41. The second-order valence-corrected chi connectivity index (χ2v) is 5.34. The SMILES string of the molecule is CCCc1nnc(NC(=O)[C@@H]2CCC(=O)NC2)s1. The fourth-order valence-corrected chi connectivity index (χ4v) is 2.63. The lowest BCUT2D eigenvalue weighted by molar-refractivity contribution is -0.126. The molecule has 2 amide bonds. The van der Waals surface area contributed by atoms with Gasteiger partial charge in [0.1, 0.15) is 5.01 Å². The average Bonchev–Trinajstić information content (AvgIpc) is 2.78. The first-order valence-corrected chi connectivity index (χ1v) is 6.90. The minimum atomic E-state index is -0.166. The monoisotopic (exact) mass is 268 g/mol. The summed E-state index contributed by atoms with van der Waals surface area (Å²) in [5.41, 5.74) is 0. The highest BCUT2D eigenvalue weighted by Gasteiger charge is 2.25. The number of hydrogen-bond acceptors (Lipinski definition) is 5. The Morgan fingerprint density at radius 1 is 1.56 bits per heavy atom. The largest absolute Gasteiger partial charge is 0.355 e. The van der Waals surface area contributed by atoms with Crippen molar-refractivity contribution in [3.05, 3.63) is 5.01 Å². The zero-order chi connectivity index (χ0) is 13.0. The Labute approximate surface area is 109 Å². The van der Waals surface area contributed by atoms with E-state index >= 15 is 0 Å². The maximum Gasteiger partial charge on any atom is 0.231 e. The molecular formula is C11H16N4O2S. The van der Waals surface area contributed by atoms with Crippen LogP contribution in [0.4, 0.5) is 5.13 Å². The van der Waals surface area contributed by atoms with Crippen LogP contribution < -0.4 is 10.6 Å². The molecule has 0 aromatic carbocycles. The second kappa shape index (κ2) is 5.90. The number of amides is 2. The van der Waals surface area contributed by atoms with Gasteiger partial charge >= 0.3 is 0 Å². The highest BCUT2D eigenvalue weighted by Crippen LogP contribution is 2.19. The van der Waals surface area contributed by atoms with Crippen LogP contribution in [-0.4, -0.2) is 28.6 Å². The van der Waals surface area contributed by atoms with Crippen LogP contribution in [0.3, 0.4) is 0 Å². The summed E-state index contributed by atoms with van der Waals surface area (Å²) in [5, 5.41) is 14.9. The van der Waals surface area contributed by atoms with Crippen molar-refractivity contribution in [1.82, 2.24) is 15.5 Å². The number of hydrogen-bond donors (Lipinski definition) is 2. The van der Waals surface area contributed by atoms with Crippen molar-refractivity contribution in [3.8, 4) is 0 Å². The first-order chi connectivity index (χ1) is 8.69. The molecule has 1 fully saturated rings. The van der Waals surface area contributed by atoms with E-state index in [0.717, 1.165) is 17.8 Å². The third kappa shape index (κ3) is 3.25. The van der Waals surface area contributed by atoms with Gasteiger partial charge in [0, 0.05) is 19.4 Å². The van der Waals surface area contributed by atoms with E-state index in [9.17, 15) is 9.59 Å². The van der Waals surface area contributed by atoms with Crippen LogP contribution in [0.1, 0.15) is 31.2 Å². The average molecular weight is 268 g/mol. The number of piperidine rings is 1. The molecule has 2 rings (SSSR count). The normalized spacial score (nSPS) is 19.4. The first kappa shape index (κ1) is 12.9. The van der Waals surface area contributed by atoms with E-state index in [-0.39, 0.29) is 17.7 Å². The number of nitrogens with one attached hydrogen (secondary N) is 2. The Hall–Kier alpha value is -1.50. The Morgan fingerprint density at radius 3 is 3.06 bits per heavy atom. The molecule has 0 spiro atoms. The third-order valence-electron chi connectivity index (χ3n) is 2.80. The van der Waals surface area contributed by atoms with Gasteiger partial charge in [-0.25, -0.2) is 0 Å². The molecule has 18 heavy (non-hydrogen) atoms. The van der Waals surface area contributed by atoms with Gasteiger partial charge in [0.2, 0.25) is 16.9 Å². The first-order valence-electron chi connectivity index (χ1n) is 6.09. The molecule has 0 unspecified atom stereocenters. The Morgan fingerprint density at radius 2 is 2.39 bits per heavy atom. The van der Waals surface area contributed by atoms with Crippen molar-refractivity contribution in [1.29, 1.82) is 0 Å². The predicted octanol–water partition coefficient (Wildman–Crippen LogP) is 0.955. The third-order valence-corrected chi connectivity index (χ3v) is 3.70. The van der Waals surface area contributed by atoms with Gasteiger partial charge in [-0.2, -0.15) is 0 Å². The van der Waals surface area contributed by atoms with Crippen LogP contribution >= 0.6 is 11.3 Å². The Balaban J connectivity index is 1.88. The number of carbonyl (C=O) groups excluding carboxylic acids is 2. The van der Waals surface area contributed by atoms with Gasteiger partial charge in [0.15, 0.2) is 0 Å². The maximum atomic E-state index is 11.9. The van der Waals surface area contributed by atoms with Crippen molar-refractivity contribution < 1.29 is 9.59 Å². The molecule has 2 N–H and O–H groups in total. The van der Waals surface area contributed by atoms with Gasteiger partial charge in [0.05, 0.1) is 5.92 Å². The number of nitrogens with zero attached hydrogens (tertiary/aromatic N) is 2. The van der Waals surface area contributed by atoms with Crippen LogP contribution in [0.5, 0.6) is 0 Å². The minimum absolute atomic E-state index is 0.0141. The molecule has 0 bridgehead atoms. The highest BCUT2D eigenvalue weighted by atomic mass is 32.1. The number of aryl methyl sites for hydroxylation is 1. The standard InChI is InChI=1S/C11H16N4O2S/c1-2-3-9-14-15-11(18-9)13-10(17)7-4-5-8(16)12-6-7/h7H,2-6H2,1H3,(H,12,16)(H,13,15,17)/t7-/m1/s1. The smallest absolute Gasteiger partial charge is 0.231 e. The fourth-order valence-electron chi connectivity index (χ4n) is 1.78. The van der Waals surface area contributed by atoms with Crippen molar-refractivity contribution >= 4 is 28.3 Å². The van der Waals surface area contributed by atoms with Gasteiger partial charge in [-0.05, 0) is 12.8 Å². The van der Waals surface area contributed by atoms with Gasteiger partial charge in [0.25, 0.3) is 0 Å². The molecule has 1 atom stereocenters. The van der Waals surface area contributed by atoms with Gasteiger partial charge < -0.3 is 10.6 Å². The van der Waals surface area contributed by atoms with E-state index in [2.05, 4.69) is 27.8 Å². The molecule has 1 saturated heterocycles. The molecule has 1 aromatic heterocycles. The molecule has 1 aliphatic rings. The summed E-state index contributed by atoms with van der Waals surface area (Å²) < 4.78 is 0. The number of carbonyl (C=O) groups is 2. The molecule has 0 aliphatic carbocycles. The molecule has 1 aliphatic heterocycles. The van der Waals surface area contributed by atoms with E-state index in [1.165, 1.54) is 11.3 Å². The van der Waals surface area contributed by atoms with E-state index in [1.807, 2.05) is 0 Å². The topological polar surface area (TPSA) is 84.0 Å². The summed E-state index contributed by atoms with van der Waals surface area (Å²) in [7, 11) is 0. The maximum absolute atomic E-state index is 11.9. The number of rotatable bonds is 4. The molecule has 7 heteroatoms. The summed E-state index contributed by atoms with van der Waals surface area (Å²) in [6.07, 6.45) is 2.90. The van der Waals surface area contributed by atoms with Crippen LogP contribution in [0.15, 0.2) is 0 Å². The molecule has 6 nitrogen and oxygen atoms in total. The van der Waals surface area contributed by atoms with Crippen LogP contribution in [0.25, 0.3) is 0 Å². The summed E-state index contributed by atoms with van der Waals surface area (Å²) in [5.74, 6) is -0.240. The van der Waals surface area contributed by atoms with Crippen molar-refractivity contribution in [3.63, 3.8) is 0 Å². The molecule has 2 heterocycles. The second-order valence-electron chi connectivity index (χ2n) is 4.28. The zero-order valence-corrected chi connectivity index (χ0v) is 11.0. The predicted molar refractivity (Wildman–Crippen MR) is 68.3 cm³/mol. The summed E-state index contributed by atoms with van der Waals surface area (Å²) in [6.45, 7) is 2.48. The molecule has 98 valence electrons. The molecular weight excluding hydrogens is 252 g/mol. The van der Waals surface area contributed by atoms with Crippen molar-refractivity contribution in [2.24, 2.45) is 5.92 Å². The van der Waals surface area contributed by atoms with Crippen molar-refractivity contribution in [2.45, 2.75) is 32.6 Å². The lowest BCUT2D eigenvalue weighted by Crippen LogP contribution is -2.40. The van der Waals surface area contributed by atoms with Crippen LogP contribution in [-0.2, 0) is 16.0 Å². The van der Waals surface area contributed by atoms with Gasteiger partial charge in [-0.15, -0.1) is 10.2 Å². The van der Waals surface area contributed by atoms with E-state index in [0.29, 0.717) is 24.5 Å². The summed E-state index contributed by atoms with van der Waals surface area (Å²) in [4.78, 5) is 22.9. The Bertz CT molecular complexity index is 436. The van der Waals surface area contributed by atoms with E-state index in [4.69, 9.17) is 0 Å². The van der Waals surface area contributed by atoms with Crippen molar-refractivity contribution in [2.75, 3.05) is 11.9 Å². The molecule has 0 saturated carbocycles. The van der Waals surface area contributed by atoms with E-state index in [1.54, 1.807) is 0 Å². The number of anilines is 1. The number of aromatic nitrogens is 2. The van der Waals surface area contributed by atoms with Gasteiger partial charge in [-0.1, -0.05) is 18.3 Å². The minimum Gasteiger partial charge on any atom is -0.355 e. The quantitative estimate of drug-likeness (QED) is 0.851. The molecule has 1 aromatic rings.